The summed E-state index contributed by atoms with van der Waals surface area (Å²) in [7, 11) is 0. The summed E-state index contributed by atoms with van der Waals surface area (Å²) in [5.41, 5.74) is -1.78. The van der Waals surface area contributed by atoms with E-state index >= 15 is 0 Å². The van der Waals surface area contributed by atoms with Crippen molar-refractivity contribution in [3.05, 3.63) is 0 Å². The van der Waals surface area contributed by atoms with Gasteiger partial charge in [0.1, 0.15) is 0 Å². The fraction of sp³-hybridized carbons (Fsp3) is 0.889. The molecule has 2 unspecified atom stereocenters. The van der Waals surface area contributed by atoms with Crippen LogP contribution in [0.25, 0.3) is 0 Å². The van der Waals surface area contributed by atoms with Crippen molar-refractivity contribution in [2.75, 3.05) is 13.1 Å². The fourth-order valence-corrected chi connectivity index (χ4v) is 0.775. The number of aliphatic hydroxyl groups is 2. The number of nitrogens with one attached hydrogen (secondary N) is 1. The van der Waals surface area contributed by atoms with Gasteiger partial charge in [0.2, 0.25) is 0 Å². The molecule has 0 amide bonds. The Hall–Kier alpha value is -0.650. The summed E-state index contributed by atoms with van der Waals surface area (Å²) in [6.07, 6.45) is -0.528. The zero-order valence-electron chi connectivity index (χ0n) is 8.82. The third-order valence-electron chi connectivity index (χ3n) is 2.05. The minimum atomic E-state index is -1.78. The maximum atomic E-state index is 10.5. The van der Waals surface area contributed by atoms with Gasteiger partial charge in [-0.3, -0.25) is 0 Å². The third-order valence-corrected chi connectivity index (χ3v) is 2.05. The van der Waals surface area contributed by atoms with E-state index in [0.717, 1.165) is 0 Å². The Morgan fingerprint density at radius 1 is 1.50 bits per heavy atom. The molecule has 0 saturated heterocycles. The standard InChI is InChI=1S/C9H19NO4/c1-6(2)7(11)4-10-5-9(3,14)8(12)13/h6-7,10-11,14H,4-5H2,1-3H3,(H,12,13). The van der Waals surface area contributed by atoms with E-state index in [9.17, 15) is 15.0 Å². The molecule has 0 rings (SSSR count). The molecule has 14 heavy (non-hydrogen) atoms. The van der Waals surface area contributed by atoms with E-state index in [1.807, 2.05) is 13.8 Å². The molecule has 0 aliphatic carbocycles. The number of aliphatic hydroxyl groups excluding tert-OH is 1. The van der Waals surface area contributed by atoms with Gasteiger partial charge in [-0.2, -0.15) is 0 Å². The zero-order chi connectivity index (χ0) is 11.4. The van der Waals surface area contributed by atoms with Gasteiger partial charge in [0.05, 0.1) is 6.10 Å². The minimum Gasteiger partial charge on any atom is -0.479 e. The number of hydrogen-bond donors (Lipinski definition) is 4. The molecule has 0 radical (unpaired) electrons. The lowest BCUT2D eigenvalue weighted by Gasteiger charge is -2.21. The number of carboxylic acids is 1. The van der Waals surface area contributed by atoms with E-state index < -0.39 is 17.7 Å². The van der Waals surface area contributed by atoms with Crippen LogP contribution < -0.4 is 5.32 Å². The predicted octanol–water partition coefficient (Wildman–Crippen LogP) is -0.571. The number of carbonyl (C=O) groups is 1. The van der Waals surface area contributed by atoms with E-state index in [0.29, 0.717) is 0 Å². The first-order valence-corrected chi connectivity index (χ1v) is 4.62. The Morgan fingerprint density at radius 2 is 2.00 bits per heavy atom. The molecule has 0 bridgehead atoms. The minimum absolute atomic E-state index is 0.0773. The molecule has 0 aliphatic heterocycles. The Bertz CT molecular complexity index is 191. The van der Waals surface area contributed by atoms with E-state index in [1.54, 1.807) is 0 Å². The highest BCUT2D eigenvalue weighted by molar-refractivity contribution is 5.76. The van der Waals surface area contributed by atoms with Gasteiger partial charge in [0, 0.05) is 13.1 Å². The molecule has 5 nitrogen and oxygen atoms in total. The number of aliphatic carboxylic acids is 1. The van der Waals surface area contributed by atoms with Crippen molar-refractivity contribution in [3.63, 3.8) is 0 Å². The summed E-state index contributed by atoms with van der Waals surface area (Å²) in [4.78, 5) is 10.5. The molecular weight excluding hydrogens is 186 g/mol. The average molecular weight is 205 g/mol. The van der Waals surface area contributed by atoms with Crippen LogP contribution in [0.2, 0.25) is 0 Å². The van der Waals surface area contributed by atoms with Crippen LogP contribution in [0.4, 0.5) is 0 Å². The van der Waals surface area contributed by atoms with Crippen LogP contribution in [-0.2, 0) is 4.79 Å². The summed E-state index contributed by atoms with van der Waals surface area (Å²) in [5, 5.41) is 29.9. The van der Waals surface area contributed by atoms with Crippen LogP contribution in [0, 0.1) is 5.92 Å². The van der Waals surface area contributed by atoms with E-state index in [4.69, 9.17) is 5.11 Å². The molecule has 0 aliphatic rings. The van der Waals surface area contributed by atoms with Crippen molar-refractivity contribution >= 4 is 5.97 Å². The van der Waals surface area contributed by atoms with Crippen LogP contribution in [-0.4, -0.2) is 46.1 Å². The van der Waals surface area contributed by atoms with E-state index in [-0.39, 0.29) is 19.0 Å². The van der Waals surface area contributed by atoms with E-state index in [1.165, 1.54) is 6.92 Å². The van der Waals surface area contributed by atoms with Crippen molar-refractivity contribution in [1.82, 2.24) is 5.32 Å². The van der Waals surface area contributed by atoms with Crippen LogP contribution in [0.5, 0.6) is 0 Å². The maximum Gasteiger partial charge on any atom is 0.336 e. The lowest BCUT2D eigenvalue weighted by Crippen LogP contribution is -2.46. The fourth-order valence-electron chi connectivity index (χ4n) is 0.775. The highest BCUT2D eigenvalue weighted by Gasteiger charge is 2.29. The first kappa shape index (κ1) is 13.4. The highest BCUT2D eigenvalue weighted by Crippen LogP contribution is 2.02. The molecule has 0 aromatic carbocycles. The lowest BCUT2D eigenvalue weighted by molar-refractivity contribution is -0.156. The number of rotatable bonds is 6. The second-order valence-electron chi connectivity index (χ2n) is 4.02. The Balaban J connectivity index is 3.79. The zero-order valence-corrected chi connectivity index (χ0v) is 8.82. The van der Waals surface area contributed by atoms with Gasteiger partial charge in [-0.1, -0.05) is 13.8 Å². The molecule has 5 heteroatoms. The predicted molar refractivity (Wildman–Crippen MR) is 52.0 cm³/mol. The molecule has 4 N–H and O–H groups in total. The lowest BCUT2D eigenvalue weighted by atomic mass is 10.1. The first-order chi connectivity index (χ1) is 6.27. The molecule has 84 valence electrons. The van der Waals surface area contributed by atoms with Crippen molar-refractivity contribution in [3.8, 4) is 0 Å². The van der Waals surface area contributed by atoms with Crippen LogP contribution >= 0.6 is 0 Å². The number of hydrogen-bond acceptors (Lipinski definition) is 4. The molecule has 0 spiro atoms. The monoisotopic (exact) mass is 205 g/mol. The largest absolute Gasteiger partial charge is 0.479 e. The first-order valence-electron chi connectivity index (χ1n) is 4.62. The van der Waals surface area contributed by atoms with Gasteiger partial charge in [0.25, 0.3) is 0 Å². The Kier molecular flexibility index (Phi) is 5.04. The summed E-state index contributed by atoms with van der Waals surface area (Å²) in [6, 6.07) is 0. The van der Waals surface area contributed by atoms with Gasteiger partial charge in [0.15, 0.2) is 5.60 Å². The van der Waals surface area contributed by atoms with Gasteiger partial charge in [-0.25, -0.2) is 4.79 Å². The van der Waals surface area contributed by atoms with Gasteiger partial charge in [-0.15, -0.1) is 0 Å². The van der Waals surface area contributed by atoms with Crippen molar-refractivity contribution < 1.29 is 20.1 Å². The highest BCUT2D eigenvalue weighted by atomic mass is 16.4. The molecule has 0 aromatic rings. The smallest absolute Gasteiger partial charge is 0.336 e. The van der Waals surface area contributed by atoms with Gasteiger partial charge < -0.3 is 20.6 Å². The maximum absolute atomic E-state index is 10.5. The normalized spacial score (nSPS) is 17.9. The molecule has 2 atom stereocenters. The topological polar surface area (TPSA) is 89.8 Å². The third kappa shape index (κ3) is 4.55. The molecular formula is C9H19NO4. The molecule has 0 heterocycles. The van der Waals surface area contributed by atoms with Gasteiger partial charge in [-0.05, 0) is 12.8 Å². The number of carboxylic acid groups (broad SMARTS) is 1. The summed E-state index contributed by atoms with van der Waals surface area (Å²) in [5.74, 6) is -1.17. The van der Waals surface area contributed by atoms with Crippen LogP contribution in [0.1, 0.15) is 20.8 Å². The molecule has 0 fully saturated rings. The van der Waals surface area contributed by atoms with Crippen LogP contribution in [0.15, 0.2) is 0 Å². The van der Waals surface area contributed by atoms with Crippen molar-refractivity contribution in [1.29, 1.82) is 0 Å². The van der Waals surface area contributed by atoms with Gasteiger partial charge >= 0.3 is 5.97 Å². The Morgan fingerprint density at radius 3 is 2.36 bits per heavy atom. The van der Waals surface area contributed by atoms with E-state index in [2.05, 4.69) is 5.32 Å². The second kappa shape index (κ2) is 5.29. The van der Waals surface area contributed by atoms with Crippen molar-refractivity contribution in [2.45, 2.75) is 32.5 Å². The molecule has 0 saturated carbocycles. The van der Waals surface area contributed by atoms with Crippen LogP contribution in [0.3, 0.4) is 0 Å². The average Bonchev–Trinajstić information content (AvgIpc) is 2.03. The summed E-state index contributed by atoms with van der Waals surface area (Å²) in [6.45, 7) is 5.14. The second-order valence-corrected chi connectivity index (χ2v) is 4.02. The SMILES string of the molecule is CC(C)C(O)CNCC(C)(O)C(=O)O. The summed E-state index contributed by atoms with van der Waals surface area (Å²) < 4.78 is 0. The van der Waals surface area contributed by atoms with Crippen molar-refractivity contribution in [2.24, 2.45) is 5.92 Å². The quantitative estimate of drug-likeness (QED) is 0.466. The summed E-state index contributed by atoms with van der Waals surface area (Å²) >= 11 is 0. The Labute approximate surface area is 83.8 Å². The molecule has 0 aromatic heterocycles.